The third-order valence-electron chi connectivity index (χ3n) is 3.34. The molecule has 124 valence electrons. The van der Waals surface area contributed by atoms with Crippen molar-refractivity contribution in [3.05, 3.63) is 23.8 Å². The van der Waals surface area contributed by atoms with E-state index in [0.29, 0.717) is 30.9 Å². The van der Waals surface area contributed by atoms with E-state index in [2.05, 4.69) is 12.2 Å². The lowest BCUT2D eigenvalue weighted by atomic mass is 10.1. The number of benzene rings is 1. The van der Waals surface area contributed by atoms with E-state index in [9.17, 15) is 4.79 Å². The Morgan fingerprint density at radius 2 is 2.14 bits per heavy atom. The van der Waals surface area contributed by atoms with Crippen molar-refractivity contribution >= 4 is 11.6 Å². The number of unbranched alkanes of at least 4 members (excludes halogenated alkanes) is 1. The summed E-state index contributed by atoms with van der Waals surface area (Å²) in [5, 5.41) is 11.9. The molecule has 0 fully saturated rings. The Balaban J connectivity index is 2.50. The van der Waals surface area contributed by atoms with Gasteiger partial charge in [-0.3, -0.25) is 4.79 Å². The minimum absolute atomic E-state index is 0.0825. The zero-order valence-electron chi connectivity index (χ0n) is 13.8. The first-order valence-corrected chi connectivity index (χ1v) is 7.81. The Hall–Kier alpha value is -1.75. The van der Waals surface area contributed by atoms with E-state index in [1.165, 1.54) is 0 Å². The summed E-state index contributed by atoms with van der Waals surface area (Å²) in [6.45, 7) is 6.25. The maximum atomic E-state index is 11.8. The lowest BCUT2D eigenvalue weighted by Gasteiger charge is -2.23. The number of nitrogens with one attached hydrogen (secondary N) is 1. The van der Waals surface area contributed by atoms with Gasteiger partial charge >= 0.3 is 0 Å². The SMILES string of the molecule is CCCCOc1ccc(CCC(=O)NC(C)(C)CO)cc1N. The van der Waals surface area contributed by atoms with Crippen LogP contribution in [0.5, 0.6) is 5.75 Å². The number of rotatable bonds is 9. The normalized spacial score (nSPS) is 11.3. The molecule has 0 bridgehead atoms. The standard InChI is InChI=1S/C17H28N2O3/c1-4-5-10-22-15-8-6-13(11-14(15)18)7-9-16(21)19-17(2,3)12-20/h6,8,11,20H,4-5,7,9-10,12,18H2,1-3H3,(H,19,21). The van der Waals surface area contributed by atoms with Crippen LogP contribution >= 0.6 is 0 Å². The highest BCUT2D eigenvalue weighted by Gasteiger charge is 2.18. The second kappa shape index (κ2) is 8.63. The topological polar surface area (TPSA) is 84.6 Å². The first kappa shape index (κ1) is 18.3. The Morgan fingerprint density at radius 3 is 2.73 bits per heavy atom. The smallest absolute Gasteiger partial charge is 0.220 e. The van der Waals surface area contributed by atoms with Crippen molar-refractivity contribution in [2.45, 2.75) is 52.0 Å². The third kappa shape index (κ3) is 6.35. The number of hydrogen-bond acceptors (Lipinski definition) is 4. The minimum Gasteiger partial charge on any atom is -0.491 e. The monoisotopic (exact) mass is 308 g/mol. The molecule has 0 aliphatic rings. The molecule has 0 radical (unpaired) electrons. The number of anilines is 1. The summed E-state index contributed by atoms with van der Waals surface area (Å²) >= 11 is 0. The van der Waals surface area contributed by atoms with E-state index < -0.39 is 5.54 Å². The molecule has 0 unspecified atom stereocenters. The van der Waals surface area contributed by atoms with Crippen molar-refractivity contribution < 1.29 is 14.6 Å². The van der Waals surface area contributed by atoms with Crippen molar-refractivity contribution in [2.24, 2.45) is 0 Å². The molecular weight excluding hydrogens is 280 g/mol. The van der Waals surface area contributed by atoms with E-state index >= 15 is 0 Å². The van der Waals surface area contributed by atoms with Gasteiger partial charge in [-0.05, 0) is 44.4 Å². The molecule has 4 N–H and O–H groups in total. The molecule has 0 aromatic heterocycles. The fourth-order valence-corrected chi connectivity index (χ4v) is 1.95. The predicted molar refractivity (Wildman–Crippen MR) is 88.9 cm³/mol. The van der Waals surface area contributed by atoms with Crippen molar-refractivity contribution in [1.29, 1.82) is 0 Å². The fraction of sp³-hybridized carbons (Fsp3) is 0.588. The van der Waals surface area contributed by atoms with Gasteiger partial charge in [0.2, 0.25) is 5.91 Å². The summed E-state index contributed by atoms with van der Waals surface area (Å²) in [5.41, 5.74) is 6.98. The summed E-state index contributed by atoms with van der Waals surface area (Å²) in [6, 6.07) is 5.64. The molecule has 0 aliphatic heterocycles. The van der Waals surface area contributed by atoms with Gasteiger partial charge in [0, 0.05) is 6.42 Å². The van der Waals surface area contributed by atoms with Gasteiger partial charge in [-0.2, -0.15) is 0 Å². The molecule has 1 aromatic rings. The molecule has 0 saturated heterocycles. The summed E-state index contributed by atoms with van der Waals surface area (Å²) in [5.74, 6) is 0.615. The van der Waals surface area contributed by atoms with Crippen LogP contribution in [0, 0.1) is 0 Å². The maximum absolute atomic E-state index is 11.8. The lowest BCUT2D eigenvalue weighted by Crippen LogP contribution is -2.46. The van der Waals surface area contributed by atoms with Gasteiger partial charge in [0.25, 0.3) is 0 Å². The summed E-state index contributed by atoms with van der Waals surface area (Å²) < 4.78 is 5.61. The summed E-state index contributed by atoms with van der Waals surface area (Å²) in [4.78, 5) is 11.8. The number of aryl methyl sites for hydroxylation is 1. The Kier molecular flexibility index (Phi) is 7.18. The molecule has 1 amide bonds. The van der Waals surface area contributed by atoms with Crippen LogP contribution in [0.1, 0.15) is 45.6 Å². The van der Waals surface area contributed by atoms with Crippen LogP contribution in [-0.4, -0.2) is 29.8 Å². The van der Waals surface area contributed by atoms with Gasteiger partial charge in [-0.25, -0.2) is 0 Å². The number of hydrogen-bond donors (Lipinski definition) is 3. The van der Waals surface area contributed by atoms with Crippen molar-refractivity contribution in [3.63, 3.8) is 0 Å². The number of nitrogen functional groups attached to an aromatic ring is 1. The van der Waals surface area contributed by atoms with E-state index in [1.54, 1.807) is 13.8 Å². The van der Waals surface area contributed by atoms with Gasteiger partial charge < -0.3 is 20.9 Å². The van der Waals surface area contributed by atoms with Crippen LogP contribution in [0.3, 0.4) is 0 Å². The van der Waals surface area contributed by atoms with Gasteiger partial charge in [0.1, 0.15) is 5.75 Å². The number of amides is 1. The second-order valence-electron chi connectivity index (χ2n) is 6.16. The molecule has 22 heavy (non-hydrogen) atoms. The average molecular weight is 308 g/mol. The fourth-order valence-electron chi connectivity index (χ4n) is 1.95. The molecule has 0 saturated carbocycles. The molecule has 5 nitrogen and oxygen atoms in total. The molecule has 0 heterocycles. The third-order valence-corrected chi connectivity index (χ3v) is 3.34. The van der Waals surface area contributed by atoms with E-state index in [-0.39, 0.29) is 12.5 Å². The van der Waals surface area contributed by atoms with Gasteiger partial charge in [-0.15, -0.1) is 0 Å². The van der Waals surface area contributed by atoms with Crippen molar-refractivity contribution in [3.8, 4) is 5.75 Å². The number of nitrogens with two attached hydrogens (primary N) is 1. The number of carbonyl (C=O) groups excluding carboxylic acids is 1. The zero-order chi connectivity index (χ0) is 16.6. The van der Waals surface area contributed by atoms with Crippen LogP contribution < -0.4 is 15.8 Å². The van der Waals surface area contributed by atoms with Crippen LogP contribution in [0.25, 0.3) is 0 Å². The highest BCUT2D eigenvalue weighted by atomic mass is 16.5. The second-order valence-corrected chi connectivity index (χ2v) is 6.16. The van der Waals surface area contributed by atoms with Crippen LogP contribution in [0.2, 0.25) is 0 Å². The highest BCUT2D eigenvalue weighted by Crippen LogP contribution is 2.23. The van der Waals surface area contributed by atoms with E-state index in [1.807, 2.05) is 18.2 Å². The molecule has 1 rings (SSSR count). The Labute approximate surface area is 132 Å². The van der Waals surface area contributed by atoms with E-state index in [4.69, 9.17) is 15.6 Å². The summed E-state index contributed by atoms with van der Waals surface area (Å²) in [6.07, 6.45) is 3.05. The molecule has 1 aromatic carbocycles. The number of ether oxygens (including phenoxy) is 1. The molecule has 0 aliphatic carbocycles. The first-order chi connectivity index (χ1) is 10.4. The first-order valence-electron chi connectivity index (χ1n) is 7.81. The quantitative estimate of drug-likeness (QED) is 0.482. The molecule has 0 atom stereocenters. The number of aliphatic hydroxyl groups is 1. The van der Waals surface area contributed by atoms with Crippen molar-refractivity contribution in [2.75, 3.05) is 18.9 Å². The molecular formula is C17H28N2O3. The lowest BCUT2D eigenvalue weighted by molar-refractivity contribution is -0.123. The number of aliphatic hydroxyl groups excluding tert-OH is 1. The zero-order valence-corrected chi connectivity index (χ0v) is 13.8. The van der Waals surface area contributed by atoms with Crippen molar-refractivity contribution in [1.82, 2.24) is 5.32 Å². The highest BCUT2D eigenvalue weighted by molar-refractivity contribution is 5.77. The predicted octanol–water partition coefficient (Wildman–Crippen LogP) is 2.27. The molecule has 5 heteroatoms. The van der Waals surface area contributed by atoms with Crippen LogP contribution in [0.15, 0.2) is 18.2 Å². The minimum atomic E-state index is -0.590. The van der Waals surface area contributed by atoms with Crippen LogP contribution in [0.4, 0.5) is 5.69 Å². The van der Waals surface area contributed by atoms with Crippen LogP contribution in [-0.2, 0) is 11.2 Å². The largest absolute Gasteiger partial charge is 0.491 e. The number of carbonyl (C=O) groups is 1. The van der Waals surface area contributed by atoms with E-state index in [0.717, 1.165) is 18.4 Å². The summed E-state index contributed by atoms with van der Waals surface area (Å²) in [7, 11) is 0. The van der Waals surface area contributed by atoms with Gasteiger partial charge in [0.05, 0.1) is 24.4 Å². The Bertz CT molecular complexity index is 487. The Morgan fingerprint density at radius 1 is 1.41 bits per heavy atom. The van der Waals surface area contributed by atoms with Gasteiger partial charge in [0.15, 0.2) is 0 Å². The van der Waals surface area contributed by atoms with Gasteiger partial charge in [-0.1, -0.05) is 19.4 Å². The maximum Gasteiger partial charge on any atom is 0.220 e. The average Bonchev–Trinajstić information content (AvgIpc) is 2.47. The molecule has 0 spiro atoms.